The molecule has 0 spiro atoms. The molecule has 5 rings (SSSR count). The van der Waals surface area contributed by atoms with E-state index in [1.807, 2.05) is 30.3 Å². The molecule has 1 N–H and O–H groups in total. The second-order valence-electron chi connectivity index (χ2n) is 9.30. The standard InChI is InChI=1S/C27H28FN5O3/c1-31-23-13-15-33(26(35)20-11-5-6-12-22(20)28)17-21(23)24(30-31)27(36)32-14-7-8-18(16-32)25(34)29-19-9-3-2-4-10-19/h2-6,9-12,18H,7-8,13-17H2,1H3,(H,29,34). The lowest BCUT2D eigenvalue weighted by atomic mass is 9.96. The molecule has 186 valence electrons. The van der Waals surface area contributed by atoms with Gasteiger partial charge in [-0.2, -0.15) is 5.10 Å². The van der Waals surface area contributed by atoms with Crippen LogP contribution in [0.3, 0.4) is 0 Å². The molecule has 2 aromatic carbocycles. The maximum absolute atomic E-state index is 14.2. The number of carbonyl (C=O) groups is 3. The van der Waals surface area contributed by atoms with Gasteiger partial charge in [-0.25, -0.2) is 4.39 Å². The lowest BCUT2D eigenvalue weighted by molar-refractivity contribution is -0.121. The molecule has 0 bridgehead atoms. The van der Waals surface area contributed by atoms with Gasteiger partial charge in [0.15, 0.2) is 5.69 Å². The van der Waals surface area contributed by atoms with Crippen molar-refractivity contribution in [1.82, 2.24) is 19.6 Å². The summed E-state index contributed by atoms with van der Waals surface area (Å²) in [7, 11) is 1.79. The highest BCUT2D eigenvalue weighted by Crippen LogP contribution is 2.27. The third kappa shape index (κ3) is 4.60. The van der Waals surface area contributed by atoms with Crippen molar-refractivity contribution in [2.75, 3.05) is 25.0 Å². The molecular formula is C27H28FN5O3. The van der Waals surface area contributed by atoms with Crippen molar-refractivity contribution in [2.24, 2.45) is 13.0 Å². The third-order valence-electron chi connectivity index (χ3n) is 6.96. The Morgan fingerprint density at radius 2 is 1.72 bits per heavy atom. The number of fused-ring (bicyclic) bond motifs is 1. The van der Waals surface area contributed by atoms with Crippen LogP contribution in [0.15, 0.2) is 54.6 Å². The fourth-order valence-corrected chi connectivity index (χ4v) is 5.03. The average Bonchev–Trinajstić information content (AvgIpc) is 3.24. The van der Waals surface area contributed by atoms with Gasteiger partial charge in [-0.1, -0.05) is 30.3 Å². The number of rotatable bonds is 4. The highest BCUT2D eigenvalue weighted by molar-refractivity contribution is 5.97. The van der Waals surface area contributed by atoms with Crippen LogP contribution in [-0.4, -0.2) is 56.9 Å². The zero-order valence-corrected chi connectivity index (χ0v) is 20.1. The smallest absolute Gasteiger partial charge is 0.274 e. The van der Waals surface area contributed by atoms with Crippen LogP contribution in [-0.2, 0) is 24.8 Å². The van der Waals surface area contributed by atoms with Crippen LogP contribution in [0.5, 0.6) is 0 Å². The predicted octanol–water partition coefficient (Wildman–Crippen LogP) is 3.25. The number of amides is 3. The summed E-state index contributed by atoms with van der Waals surface area (Å²) < 4.78 is 15.9. The molecule has 3 amide bonds. The molecule has 2 aliphatic rings. The fraction of sp³-hybridized carbons (Fsp3) is 0.333. The van der Waals surface area contributed by atoms with Gasteiger partial charge in [0.1, 0.15) is 5.82 Å². The largest absolute Gasteiger partial charge is 0.336 e. The number of halogens is 1. The molecule has 0 saturated carbocycles. The lowest BCUT2D eigenvalue weighted by Crippen LogP contribution is -2.44. The number of anilines is 1. The lowest BCUT2D eigenvalue weighted by Gasteiger charge is -2.32. The van der Waals surface area contributed by atoms with Crippen LogP contribution in [0, 0.1) is 11.7 Å². The number of carbonyl (C=O) groups excluding carboxylic acids is 3. The highest BCUT2D eigenvalue weighted by Gasteiger charge is 2.35. The van der Waals surface area contributed by atoms with Gasteiger partial charge in [0, 0.05) is 50.0 Å². The Labute approximate surface area is 208 Å². The van der Waals surface area contributed by atoms with Gasteiger partial charge >= 0.3 is 0 Å². The Hall–Kier alpha value is -4.01. The minimum absolute atomic E-state index is 0.0148. The molecule has 1 unspecified atom stereocenters. The Kier molecular flexibility index (Phi) is 6.54. The van der Waals surface area contributed by atoms with Crippen LogP contribution in [0.25, 0.3) is 0 Å². The van der Waals surface area contributed by atoms with E-state index >= 15 is 0 Å². The summed E-state index contributed by atoms with van der Waals surface area (Å²) in [6, 6.07) is 15.2. The van der Waals surface area contributed by atoms with Crippen molar-refractivity contribution in [2.45, 2.75) is 25.8 Å². The number of nitrogens with one attached hydrogen (secondary N) is 1. The van der Waals surface area contributed by atoms with Gasteiger partial charge in [0.05, 0.1) is 18.0 Å². The Bertz CT molecular complexity index is 1310. The van der Waals surface area contributed by atoms with Gasteiger partial charge in [-0.3, -0.25) is 19.1 Å². The van der Waals surface area contributed by atoms with Crippen molar-refractivity contribution in [1.29, 1.82) is 0 Å². The Morgan fingerprint density at radius 3 is 2.50 bits per heavy atom. The first-order valence-corrected chi connectivity index (χ1v) is 12.2. The number of para-hydroxylation sites is 1. The molecule has 0 aliphatic carbocycles. The molecule has 2 aliphatic heterocycles. The molecule has 9 heteroatoms. The third-order valence-corrected chi connectivity index (χ3v) is 6.96. The first-order valence-electron chi connectivity index (χ1n) is 12.2. The van der Waals surface area contributed by atoms with E-state index < -0.39 is 11.7 Å². The molecule has 3 heterocycles. The first kappa shape index (κ1) is 23.7. The van der Waals surface area contributed by atoms with Gasteiger partial charge in [-0.15, -0.1) is 0 Å². The molecule has 8 nitrogen and oxygen atoms in total. The van der Waals surface area contributed by atoms with Crippen LogP contribution in [0.4, 0.5) is 10.1 Å². The topological polar surface area (TPSA) is 87.5 Å². The molecule has 36 heavy (non-hydrogen) atoms. The fourth-order valence-electron chi connectivity index (χ4n) is 5.03. The zero-order chi connectivity index (χ0) is 25.2. The minimum Gasteiger partial charge on any atom is -0.336 e. The van der Waals surface area contributed by atoms with Crippen LogP contribution >= 0.6 is 0 Å². The van der Waals surface area contributed by atoms with Crippen molar-refractivity contribution in [3.8, 4) is 0 Å². The minimum atomic E-state index is -0.566. The van der Waals surface area contributed by atoms with Gasteiger partial charge in [0.25, 0.3) is 11.8 Å². The van der Waals surface area contributed by atoms with Crippen LogP contribution < -0.4 is 5.32 Å². The maximum Gasteiger partial charge on any atom is 0.274 e. The van der Waals surface area contributed by atoms with E-state index in [2.05, 4.69) is 10.4 Å². The van der Waals surface area contributed by atoms with Crippen molar-refractivity contribution in [3.63, 3.8) is 0 Å². The van der Waals surface area contributed by atoms with Crippen molar-refractivity contribution in [3.05, 3.63) is 82.9 Å². The van der Waals surface area contributed by atoms with E-state index in [4.69, 9.17) is 0 Å². The summed E-state index contributed by atoms with van der Waals surface area (Å²) in [4.78, 5) is 42.7. The molecule has 1 aromatic heterocycles. The molecule has 0 radical (unpaired) electrons. The summed E-state index contributed by atoms with van der Waals surface area (Å²) in [5.74, 6) is -1.64. The number of hydrogen-bond donors (Lipinski definition) is 1. The SMILES string of the molecule is Cn1nc(C(=O)N2CCCC(C(=O)Nc3ccccc3)C2)c2c1CCN(C(=O)c1ccccc1F)C2. The quantitative estimate of drug-likeness (QED) is 0.610. The zero-order valence-electron chi connectivity index (χ0n) is 20.1. The Morgan fingerprint density at radius 1 is 0.972 bits per heavy atom. The average molecular weight is 490 g/mol. The van der Waals surface area contributed by atoms with Gasteiger partial charge in [0.2, 0.25) is 5.91 Å². The maximum atomic E-state index is 14.2. The number of hydrogen-bond acceptors (Lipinski definition) is 4. The highest BCUT2D eigenvalue weighted by atomic mass is 19.1. The molecule has 3 aromatic rings. The summed E-state index contributed by atoms with van der Waals surface area (Å²) in [5, 5.41) is 7.43. The predicted molar refractivity (Wildman–Crippen MR) is 132 cm³/mol. The second-order valence-corrected chi connectivity index (χ2v) is 9.30. The number of aromatic nitrogens is 2. The summed E-state index contributed by atoms with van der Waals surface area (Å²) >= 11 is 0. The number of nitrogens with zero attached hydrogens (tertiary/aromatic N) is 4. The van der Waals surface area contributed by atoms with Crippen LogP contribution in [0.1, 0.15) is 44.9 Å². The van der Waals surface area contributed by atoms with Crippen molar-refractivity contribution < 1.29 is 18.8 Å². The number of piperidine rings is 1. The Balaban J connectivity index is 1.32. The molecule has 1 saturated heterocycles. The van der Waals surface area contributed by atoms with E-state index in [9.17, 15) is 18.8 Å². The number of aryl methyl sites for hydroxylation is 1. The van der Waals surface area contributed by atoms with E-state index in [1.165, 1.54) is 12.1 Å². The monoisotopic (exact) mass is 489 g/mol. The van der Waals surface area contributed by atoms with Gasteiger partial charge in [-0.05, 0) is 37.1 Å². The van der Waals surface area contributed by atoms with E-state index in [1.54, 1.807) is 33.7 Å². The van der Waals surface area contributed by atoms with E-state index in [-0.39, 0.29) is 29.8 Å². The number of likely N-dealkylation sites (tertiary alicyclic amines) is 1. The first-order chi connectivity index (χ1) is 17.4. The second kappa shape index (κ2) is 9.93. The van der Waals surface area contributed by atoms with E-state index in [0.29, 0.717) is 50.2 Å². The molecule has 1 atom stereocenters. The van der Waals surface area contributed by atoms with Crippen LogP contribution in [0.2, 0.25) is 0 Å². The summed E-state index contributed by atoms with van der Waals surface area (Å²) in [6.45, 7) is 1.44. The molecule has 1 fully saturated rings. The number of benzene rings is 2. The normalized spacial score (nSPS) is 17.4. The summed E-state index contributed by atoms with van der Waals surface area (Å²) in [5.41, 5.74) is 2.62. The van der Waals surface area contributed by atoms with Crippen molar-refractivity contribution >= 4 is 23.4 Å². The van der Waals surface area contributed by atoms with E-state index in [0.717, 1.165) is 11.4 Å². The summed E-state index contributed by atoms with van der Waals surface area (Å²) in [6.07, 6.45) is 1.94. The molecular weight excluding hydrogens is 461 g/mol. The van der Waals surface area contributed by atoms with Gasteiger partial charge < -0.3 is 15.1 Å².